The third kappa shape index (κ3) is 2.90. The summed E-state index contributed by atoms with van der Waals surface area (Å²) in [5.41, 5.74) is -1.10. The smallest absolute Gasteiger partial charge is 0.329 e. The molecule has 7 heteroatoms. The van der Waals surface area contributed by atoms with E-state index in [1.54, 1.807) is 0 Å². The Balaban J connectivity index is 2.25. The molecule has 0 aliphatic heterocycles. The molecule has 1 heterocycles. The number of carboxylic acid groups (broad SMARTS) is 1. The molecule has 1 aromatic heterocycles. The maximum absolute atomic E-state index is 12.2. The Morgan fingerprint density at radius 2 is 2.21 bits per heavy atom. The average Bonchev–Trinajstić information content (AvgIpc) is 3.16. The number of rotatable bonds is 4. The van der Waals surface area contributed by atoms with E-state index in [1.165, 1.54) is 19.2 Å². The Bertz CT molecular complexity index is 548. The van der Waals surface area contributed by atoms with Gasteiger partial charge in [-0.25, -0.2) is 9.78 Å². The number of carbonyl (C=O) groups is 2. The van der Waals surface area contributed by atoms with Crippen molar-refractivity contribution in [1.82, 2.24) is 10.3 Å². The molecule has 2 N–H and O–H groups in total. The van der Waals surface area contributed by atoms with E-state index in [4.69, 9.17) is 11.6 Å². The minimum Gasteiger partial charge on any atom is -0.480 e. The normalized spacial score (nSPS) is 17.6. The van der Waals surface area contributed by atoms with Gasteiger partial charge in [0.05, 0.1) is 5.56 Å². The molecule has 1 aromatic rings. The van der Waals surface area contributed by atoms with Crippen LogP contribution in [0.5, 0.6) is 0 Å². The van der Waals surface area contributed by atoms with Crippen molar-refractivity contribution in [3.05, 3.63) is 27.5 Å². The Kier molecular flexibility index (Phi) is 3.82. The highest BCUT2D eigenvalue weighted by atomic mass is 79.9. The van der Waals surface area contributed by atoms with Crippen LogP contribution in [0.4, 0.5) is 0 Å². The Hall–Kier alpha value is -1.14. The molecule has 0 spiro atoms. The van der Waals surface area contributed by atoms with Crippen molar-refractivity contribution in [3.63, 3.8) is 0 Å². The monoisotopic (exact) mass is 346 g/mol. The van der Waals surface area contributed by atoms with Gasteiger partial charge < -0.3 is 10.4 Å². The van der Waals surface area contributed by atoms with E-state index < -0.39 is 17.4 Å². The lowest BCUT2D eigenvalue weighted by Gasteiger charge is -2.26. The number of nitrogens with one attached hydrogen (secondary N) is 1. The number of carbonyl (C=O) groups excluding carboxylic acids is 1. The van der Waals surface area contributed by atoms with Crippen LogP contribution in [-0.4, -0.2) is 27.5 Å². The lowest BCUT2D eigenvalue weighted by molar-refractivity contribution is -0.144. The van der Waals surface area contributed by atoms with Gasteiger partial charge in [0.15, 0.2) is 0 Å². The molecule has 1 unspecified atom stereocenters. The lowest BCUT2D eigenvalue weighted by atomic mass is 9.95. The fraction of sp³-hybridized carbons (Fsp3) is 0.417. The number of nitrogens with zero attached hydrogens (tertiary/aromatic N) is 1. The number of halogens is 2. The minimum absolute atomic E-state index is 0.0344. The Morgan fingerprint density at radius 3 is 2.74 bits per heavy atom. The van der Waals surface area contributed by atoms with Crippen LogP contribution in [-0.2, 0) is 4.79 Å². The number of hydrogen-bond acceptors (Lipinski definition) is 3. The zero-order valence-electron chi connectivity index (χ0n) is 10.1. The summed E-state index contributed by atoms with van der Waals surface area (Å²) in [5, 5.41) is 11.9. The molecule has 0 radical (unpaired) electrons. The van der Waals surface area contributed by atoms with Gasteiger partial charge in [0, 0.05) is 10.7 Å². The maximum atomic E-state index is 12.2. The van der Waals surface area contributed by atoms with Gasteiger partial charge in [-0.2, -0.15) is 0 Å². The number of pyridine rings is 1. The fourth-order valence-corrected chi connectivity index (χ4v) is 2.40. The highest BCUT2D eigenvalue weighted by Crippen LogP contribution is 2.40. The first-order valence-electron chi connectivity index (χ1n) is 5.71. The van der Waals surface area contributed by atoms with Crippen molar-refractivity contribution >= 4 is 39.4 Å². The van der Waals surface area contributed by atoms with Gasteiger partial charge >= 0.3 is 5.97 Å². The largest absolute Gasteiger partial charge is 0.480 e. The molecule has 2 rings (SSSR count). The van der Waals surface area contributed by atoms with Gasteiger partial charge in [-0.15, -0.1) is 0 Å². The quantitative estimate of drug-likeness (QED) is 0.820. The Morgan fingerprint density at radius 1 is 1.58 bits per heavy atom. The molecule has 5 nitrogen and oxygen atoms in total. The van der Waals surface area contributed by atoms with E-state index in [-0.39, 0.29) is 16.6 Å². The first-order chi connectivity index (χ1) is 8.84. The molecule has 102 valence electrons. The summed E-state index contributed by atoms with van der Waals surface area (Å²) < 4.78 is 0.602. The van der Waals surface area contributed by atoms with Crippen LogP contribution in [0.2, 0.25) is 5.15 Å². The molecule has 19 heavy (non-hydrogen) atoms. The van der Waals surface area contributed by atoms with Gasteiger partial charge in [-0.1, -0.05) is 11.6 Å². The molecule has 0 saturated heterocycles. The van der Waals surface area contributed by atoms with Crippen molar-refractivity contribution < 1.29 is 14.7 Å². The first kappa shape index (κ1) is 14.3. The third-order valence-electron chi connectivity index (χ3n) is 3.26. The SMILES string of the molecule is CC(NC(=O)c1cc(Br)cnc1Cl)(C(=O)O)C1CC1. The van der Waals surface area contributed by atoms with Crippen molar-refractivity contribution in [1.29, 1.82) is 0 Å². The number of aromatic nitrogens is 1. The summed E-state index contributed by atoms with van der Waals surface area (Å²) in [4.78, 5) is 27.3. The number of carboxylic acids is 1. The predicted octanol–water partition coefficient (Wildman–Crippen LogP) is 2.48. The highest BCUT2D eigenvalue weighted by Gasteiger charge is 2.48. The molecular formula is C12H12BrClN2O3. The molecule has 1 saturated carbocycles. The molecule has 1 atom stereocenters. The van der Waals surface area contributed by atoms with E-state index in [0.29, 0.717) is 4.47 Å². The molecule has 1 amide bonds. The molecule has 0 aromatic carbocycles. The van der Waals surface area contributed by atoms with Gasteiger partial charge in [0.2, 0.25) is 0 Å². The van der Waals surface area contributed by atoms with Crippen molar-refractivity contribution in [2.75, 3.05) is 0 Å². The summed E-state index contributed by atoms with van der Waals surface area (Å²) >= 11 is 9.05. The zero-order chi connectivity index (χ0) is 14.2. The van der Waals surface area contributed by atoms with Crippen LogP contribution in [0.15, 0.2) is 16.7 Å². The first-order valence-corrected chi connectivity index (χ1v) is 6.88. The minimum atomic E-state index is -1.26. The summed E-state index contributed by atoms with van der Waals surface area (Å²) in [6, 6.07) is 1.51. The number of amides is 1. The molecule has 0 bridgehead atoms. The number of hydrogen-bond donors (Lipinski definition) is 2. The Labute approximate surface area is 123 Å². The lowest BCUT2D eigenvalue weighted by Crippen LogP contribution is -2.54. The second-order valence-corrected chi connectivity index (χ2v) is 6.00. The van der Waals surface area contributed by atoms with Crippen LogP contribution in [0, 0.1) is 5.92 Å². The third-order valence-corrected chi connectivity index (χ3v) is 4.00. The zero-order valence-corrected chi connectivity index (χ0v) is 12.5. The van der Waals surface area contributed by atoms with Crippen LogP contribution in [0.25, 0.3) is 0 Å². The second kappa shape index (κ2) is 5.09. The summed E-state index contributed by atoms with van der Waals surface area (Å²) in [6.45, 7) is 1.52. The highest BCUT2D eigenvalue weighted by molar-refractivity contribution is 9.10. The van der Waals surface area contributed by atoms with Crippen LogP contribution >= 0.6 is 27.5 Å². The van der Waals surface area contributed by atoms with Gasteiger partial charge in [-0.3, -0.25) is 4.79 Å². The van der Waals surface area contributed by atoms with Crippen molar-refractivity contribution in [2.45, 2.75) is 25.3 Å². The predicted molar refractivity (Wildman–Crippen MR) is 73.2 cm³/mol. The standard InChI is InChI=1S/C12H12BrClN2O3/c1-12(11(18)19,6-2-3-6)16-10(17)8-4-7(13)5-15-9(8)14/h4-6H,2-3H2,1H3,(H,16,17)(H,18,19). The van der Waals surface area contributed by atoms with Crippen molar-refractivity contribution in [3.8, 4) is 0 Å². The summed E-state index contributed by atoms with van der Waals surface area (Å²) in [7, 11) is 0. The maximum Gasteiger partial charge on any atom is 0.329 e. The topological polar surface area (TPSA) is 79.3 Å². The summed E-state index contributed by atoms with van der Waals surface area (Å²) in [6.07, 6.45) is 3.07. The van der Waals surface area contributed by atoms with E-state index >= 15 is 0 Å². The van der Waals surface area contributed by atoms with Gasteiger partial charge in [0.25, 0.3) is 5.91 Å². The van der Waals surface area contributed by atoms with Crippen LogP contribution in [0.3, 0.4) is 0 Å². The van der Waals surface area contributed by atoms with Crippen LogP contribution < -0.4 is 5.32 Å². The van der Waals surface area contributed by atoms with Crippen LogP contribution in [0.1, 0.15) is 30.1 Å². The summed E-state index contributed by atoms with van der Waals surface area (Å²) in [5.74, 6) is -1.61. The van der Waals surface area contributed by atoms with Crippen molar-refractivity contribution in [2.24, 2.45) is 5.92 Å². The molecular weight excluding hydrogens is 336 g/mol. The second-order valence-electron chi connectivity index (χ2n) is 4.73. The van der Waals surface area contributed by atoms with Gasteiger partial charge in [-0.05, 0) is 47.7 Å². The van der Waals surface area contributed by atoms with E-state index in [9.17, 15) is 14.7 Å². The van der Waals surface area contributed by atoms with E-state index in [2.05, 4.69) is 26.2 Å². The van der Waals surface area contributed by atoms with E-state index in [1.807, 2.05) is 0 Å². The van der Waals surface area contributed by atoms with Gasteiger partial charge in [0.1, 0.15) is 10.7 Å². The fourth-order valence-electron chi connectivity index (χ4n) is 1.88. The molecule has 1 fully saturated rings. The number of aliphatic carboxylic acids is 1. The molecule has 1 aliphatic carbocycles. The van der Waals surface area contributed by atoms with E-state index in [0.717, 1.165) is 12.8 Å². The average molecular weight is 348 g/mol. The molecule has 1 aliphatic rings.